The number of nitrogens with zero attached hydrogens (tertiary/aromatic N) is 5. The average molecular weight is 521 g/mol. The van der Waals surface area contributed by atoms with Crippen LogP contribution in [0, 0.1) is 6.92 Å². The summed E-state index contributed by atoms with van der Waals surface area (Å²) in [7, 11) is 2.07. The number of carboxylic acid groups (broad SMARTS) is 1. The number of aryl methyl sites for hydroxylation is 1. The summed E-state index contributed by atoms with van der Waals surface area (Å²) in [5.41, 5.74) is 5.94. The summed E-state index contributed by atoms with van der Waals surface area (Å²) >= 11 is 3.22. The van der Waals surface area contributed by atoms with Crippen LogP contribution in [-0.4, -0.2) is 50.0 Å². The molecule has 3 heterocycles. The van der Waals surface area contributed by atoms with Crippen molar-refractivity contribution in [3.05, 3.63) is 63.8 Å². The topological polar surface area (TPSA) is 98.2 Å². The zero-order valence-electron chi connectivity index (χ0n) is 20.4. The fourth-order valence-corrected chi connectivity index (χ4v) is 7.16. The summed E-state index contributed by atoms with van der Waals surface area (Å²) in [4.78, 5) is 18.2. The number of aromatic carboxylic acids is 1. The molecule has 1 aliphatic heterocycles. The van der Waals surface area contributed by atoms with Gasteiger partial charge in [0, 0.05) is 24.0 Å². The molecule has 0 saturated heterocycles. The maximum Gasteiger partial charge on any atom is 0.348 e. The van der Waals surface area contributed by atoms with Crippen LogP contribution in [0.4, 0.5) is 11.4 Å². The number of anilines is 2. The van der Waals surface area contributed by atoms with E-state index in [1.54, 1.807) is 0 Å². The van der Waals surface area contributed by atoms with Crippen molar-refractivity contribution >= 4 is 40.4 Å². The summed E-state index contributed by atoms with van der Waals surface area (Å²) < 4.78 is 0. The number of H-pyrrole nitrogens is 1. The fraction of sp³-hybridized carbons (Fsp3) is 0.308. The number of thiophene rings is 1. The van der Waals surface area contributed by atoms with Gasteiger partial charge >= 0.3 is 5.97 Å². The van der Waals surface area contributed by atoms with Gasteiger partial charge in [0.15, 0.2) is 5.50 Å². The Morgan fingerprint density at radius 3 is 2.53 bits per heavy atom. The SMILES string of the molecule is CCCCSC1N(C)c2c(C)sc(C(=O)O)c2N1Cc1ccccc1-c1ccccc1-c1nn[nH]n1. The van der Waals surface area contributed by atoms with Crippen molar-refractivity contribution in [3.8, 4) is 22.5 Å². The van der Waals surface area contributed by atoms with Crippen LogP contribution < -0.4 is 9.80 Å². The maximum absolute atomic E-state index is 12.2. The molecule has 1 atom stereocenters. The third kappa shape index (κ3) is 4.35. The number of unbranched alkanes of at least 4 members (excludes halogenated alkanes) is 1. The number of rotatable bonds is 9. The molecule has 0 saturated carbocycles. The molecule has 0 radical (unpaired) electrons. The van der Waals surface area contributed by atoms with Gasteiger partial charge in [0.2, 0.25) is 5.82 Å². The second-order valence-corrected chi connectivity index (χ2v) is 11.1. The van der Waals surface area contributed by atoms with Crippen LogP contribution in [0.25, 0.3) is 22.5 Å². The van der Waals surface area contributed by atoms with Crippen molar-refractivity contribution in [2.75, 3.05) is 22.6 Å². The first-order valence-corrected chi connectivity index (χ1v) is 13.8. The number of carbonyl (C=O) groups is 1. The number of carboxylic acids is 1. The molecule has 0 spiro atoms. The number of nitrogens with one attached hydrogen (secondary N) is 1. The number of thioether (sulfide) groups is 1. The molecular weight excluding hydrogens is 492 g/mol. The molecule has 2 aromatic heterocycles. The highest BCUT2D eigenvalue weighted by molar-refractivity contribution is 8.00. The first-order valence-electron chi connectivity index (χ1n) is 11.9. The minimum absolute atomic E-state index is 0.0206. The Labute approximate surface area is 218 Å². The third-order valence-corrected chi connectivity index (χ3v) is 8.85. The van der Waals surface area contributed by atoms with Crippen molar-refractivity contribution in [3.63, 3.8) is 0 Å². The normalized spacial score (nSPS) is 14.9. The second-order valence-electron chi connectivity index (χ2n) is 8.72. The largest absolute Gasteiger partial charge is 0.477 e. The van der Waals surface area contributed by atoms with Crippen LogP contribution in [0.5, 0.6) is 0 Å². The Hall–Kier alpha value is -3.37. The highest BCUT2D eigenvalue weighted by atomic mass is 32.2. The van der Waals surface area contributed by atoms with Crippen molar-refractivity contribution in [2.45, 2.75) is 38.7 Å². The molecule has 8 nitrogen and oxygen atoms in total. The zero-order valence-corrected chi connectivity index (χ0v) is 22.1. The summed E-state index contributed by atoms with van der Waals surface area (Å²) in [5.74, 6) is 0.676. The summed E-state index contributed by atoms with van der Waals surface area (Å²) in [6.07, 6.45) is 2.24. The molecule has 36 heavy (non-hydrogen) atoms. The molecule has 1 unspecified atom stereocenters. The number of hydrogen-bond donors (Lipinski definition) is 2. The van der Waals surface area contributed by atoms with E-state index in [0.717, 1.165) is 57.1 Å². The van der Waals surface area contributed by atoms with Crippen LogP contribution >= 0.6 is 23.1 Å². The van der Waals surface area contributed by atoms with Crippen LogP contribution in [0.1, 0.15) is 39.9 Å². The Kier molecular flexibility index (Phi) is 6.97. The molecular formula is C26H28N6O2S2. The van der Waals surface area contributed by atoms with Crippen LogP contribution in [0.2, 0.25) is 0 Å². The van der Waals surface area contributed by atoms with E-state index in [2.05, 4.69) is 62.6 Å². The standard InChI is InChI=1S/C26H28N6O2S2/c1-4-5-14-35-26-31(3)21-16(2)36-23(25(33)34)22(21)32(26)15-17-10-6-7-11-18(17)19-12-8-9-13-20(19)24-27-29-30-28-24/h6-13,26H,4-5,14-15H2,1-3H3,(H,33,34)(H,27,28,29,30). The molecule has 0 fully saturated rings. The lowest BCUT2D eigenvalue weighted by atomic mass is 9.94. The minimum Gasteiger partial charge on any atom is -0.477 e. The van der Waals surface area contributed by atoms with E-state index in [4.69, 9.17) is 0 Å². The number of fused-ring (bicyclic) bond motifs is 1. The summed E-state index contributed by atoms with van der Waals surface area (Å²) in [5, 5.41) is 24.7. The van der Waals surface area contributed by atoms with Gasteiger partial charge in [-0.15, -0.1) is 33.3 Å². The predicted octanol–water partition coefficient (Wildman–Crippen LogP) is 5.88. The van der Waals surface area contributed by atoms with E-state index in [0.29, 0.717) is 17.2 Å². The lowest BCUT2D eigenvalue weighted by Gasteiger charge is -2.32. The van der Waals surface area contributed by atoms with E-state index in [1.165, 1.54) is 11.3 Å². The number of aromatic amines is 1. The van der Waals surface area contributed by atoms with Gasteiger partial charge in [-0.1, -0.05) is 61.9 Å². The van der Waals surface area contributed by atoms with E-state index in [1.807, 2.05) is 49.0 Å². The van der Waals surface area contributed by atoms with Gasteiger partial charge in [-0.05, 0) is 41.0 Å². The maximum atomic E-state index is 12.2. The van der Waals surface area contributed by atoms with Crippen LogP contribution in [0.15, 0.2) is 48.5 Å². The molecule has 2 N–H and O–H groups in total. The first kappa shape index (κ1) is 24.3. The van der Waals surface area contributed by atoms with Crippen molar-refractivity contribution in [1.82, 2.24) is 20.6 Å². The number of tetrazole rings is 1. The molecule has 0 aliphatic carbocycles. The molecule has 4 aromatic rings. The lowest BCUT2D eigenvalue weighted by molar-refractivity contribution is 0.0703. The Bertz CT molecular complexity index is 1370. The van der Waals surface area contributed by atoms with Gasteiger partial charge in [0.25, 0.3) is 0 Å². The summed E-state index contributed by atoms with van der Waals surface area (Å²) in [6, 6.07) is 16.3. The quantitative estimate of drug-likeness (QED) is 0.264. The number of aromatic nitrogens is 4. The van der Waals surface area contributed by atoms with Gasteiger partial charge in [-0.3, -0.25) is 0 Å². The average Bonchev–Trinajstić information content (AvgIpc) is 3.59. The van der Waals surface area contributed by atoms with Gasteiger partial charge in [0.05, 0.1) is 11.4 Å². The second kappa shape index (κ2) is 10.3. The van der Waals surface area contributed by atoms with Crippen molar-refractivity contribution < 1.29 is 9.90 Å². The van der Waals surface area contributed by atoms with E-state index in [-0.39, 0.29) is 5.50 Å². The predicted molar refractivity (Wildman–Crippen MR) is 147 cm³/mol. The van der Waals surface area contributed by atoms with Gasteiger partial charge in [-0.2, -0.15) is 5.21 Å². The molecule has 10 heteroatoms. The Morgan fingerprint density at radius 2 is 1.83 bits per heavy atom. The zero-order chi connectivity index (χ0) is 25.2. The van der Waals surface area contributed by atoms with Crippen LogP contribution in [0.3, 0.4) is 0 Å². The van der Waals surface area contributed by atoms with E-state index in [9.17, 15) is 9.90 Å². The first-order chi connectivity index (χ1) is 17.5. The molecule has 5 rings (SSSR count). The molecule has 0 amide bonds. The molecule has 2 aromatic carbocycles. The lowest BCUT2D eigenvalue weighted by Crippen LogP contribution is -2.39. The smallest absolute Gasteiger partial charge is 0.348 e. The molecule has 0 bridgehead atoms. The minimum atomic E-state index is -0.877. The molecule has 186 valence electrons. The summed E-state index contributed by atoms with van der Waals surface area (Å²) in [6.45, 7) is 4.78. The van der Waals surface area contributed by atoms with Crippen molar-refractivity contribution in [1.29, 1.82) is 0 Å². The monoisotopic (exact) mass is 520 g/mol. The van der Waals surface area contributed by atoms with Crippen molar-refractivity contribution in [2.24, 2.45) is 0 Å². The van der Waals surface area contributed by atoms with Crippen LogP contribution in [-0.2, 0) is 6.54 Å². The van der Waals surface area contributed by atoms with Gasteiger partial charge in [0.1, 0.15) is 4.88 Å². The third-order valence-electron chi connectivity index (χ3n) is 6.39. The number of hydrogen-bond acceptors (Lipinski definition) is 8. The highest BCUT2D eigenvalue weighted by Gasteiger charge is 2.40. The Morgan fingerprint density at radius 1 is 1.11 bits per heavy atom. The number of benzene rings is 2. The fourth-order valence-electron chi connectivity index (χ4n) is 4.77. The van der Waals surface area contributed by atoms with Gasteiger partial charge in [-0.25, -0.2) is 4.79 Å². The highest BCUT2D eigenvalue weighted by Crippen LogP contribution is 2.51. The van der Waals surface area contributed by atoms with E-state index < -0.39 is 5.97 Å². The Balaban J connectivity index is 1.59. The molecule has 1 aliphatic rings. The van der Waals surface area contributed by atoms with E-state index >= 15 is 0 Å². The van der Waals surface area contributed by atoms with Gasteiger partial charge < -0.3 is 14.9 Å².